The van der Waals surface area contributed by atoms with Crippen LogP contribution in [0.15, 0.2) is 30.3 Å². The Labute approximate surface area is 180 Å². The number of aromatic nitrogens is 2. The molecule has 2 fully saturated rings. The molecule has 0 spiro atoms. The first kappa shape index (κ1) is 21.5. The number of nitrogens with zero attached hydrogens (tertiary/aromatic N) is 4. The molecule has 1 atom stereocenters. The van der Waals surface area contributed by atoms with Gasteiger partial charge in [0.25, 0.3) is 0 Å². The van der Waals surface area contributed by atoms with Crippen LogP contribution in [0.2, 0.25) is 0 Å². The van der Waals surface area contributed by atoms with Gasteiger partial charge >= 0.3 is 0 Å². The van der Waals surface area contributed by atoms with Gasteiger partial charge in [-0.15, -0.1) is 0 Å². The zero-order valence-corrected chi connectivity index (χ0v) is 17.7. The van der Waals surface area contributed by atoms with Crippen LogP contribution in [-0.4, -0.2) is 77.3 Å². The molecule has 3 heterocycles. The van der Waals surface area contributed by atoms with E-state index in [9.17, 15) is 14.0 Å². The first-order chi connectivity index (χ1) is 15.0. The van der Waals surface area contributed by atoms with Crippen molar-refractivity contribution in [2.24, 2.45) is 5.92 Å². The number of halogens is 1. The number of anilines is 1. The lowest BCUT2D eigenvalue weighted by atomic mass is 9.96. The van der Waals surface area contributed by atoms with Crippen LogP contribution in [-0.2, 0) is 14.3 Å². The molecule has 2 aromatic rings. The summed E-state index contributed by atoms with van der Waals surface area (Å²) < 4.78 is 20.2. The number of carbonyl (C=O) groups excluding carboxylic acids is 2. The monoisotopic (exact) mass is 429 g/mol. The van der Waals surface area contributed by atoms with Crippen molar-refractivity contribution in [3.63, 3.8) is 0 Å². The maximum atomic E-state index is 13.2. The molecule has 0 radical (unpaired) electrons. The summed E-state index contributed by atoms with van der Waals surface area (Å²) in [6.45, 7) is 5.88. The molecule has 2 saturated heterocycles. The van der Waals surface area contributed by atoms with Gasteiger partial charge < -0.3 is 15.0 Å². The maximum Gasteiger partial charge on any atom is 0.239 e. The molecule has 9 heteroatoms. The number of likely N-dealkylation sites (tertiary alicyclic amines) is 1. The third-order valence-corrected chi connectivity index (χ3v) is 5.71. The summed E-state index contributed by atoms with van der Waals surface area (Å²) in [5, 5.41) is 7.32. The Morgan fingerprint density at radius 1 is 1.19 bits per heavy atom. The predicted octanol–water partition coefficient (Wildman–Crippen LogP) is 1.83. The molecule has 2 aliphatic heterocycles. The van der Waals surface area contributed by atoms with Crippen LogP contribution in [0.4, 0.5) is 10.2 Å². The van der Waals surface area contributed by atoms with Gasteiger partial charge in [-0.3, -0.25) is 14.5 Å². The largest absolute Gasteiger partial charge is 0.378 e. The Kier molecular flexibility index (Phi) is 6.62. The zero-order valence-electron chi connectivity index (χ0n) is 17.7. The van der Waals surface area contributed by atoms with E-state index in [2.05, 4.69) is 10.4 Å². The topological polar surface area (TPSA) is 79.7 Å². The second kappa shape index (κ2) is 9.57. The molecule has 1 aromatic carbocycles. The fourth-order valence-electron chi connectivity index (χ4n) is 4.20. The van der Waals surface area contributed by atoms with Crippen molar-refractivity contribution in [3.05, 3.63) is 41.8 Å². The molecule has 0 bridgehead atoms. The third-order valence-electron chi connectivity index (χ3n) is 5.71. The normalized spacial score (nSPS) is 19.9. The van der Waals surface area contributed by atoms with E-state index in [1.807, 2.05) is 16.7 Å². The van der Waals surface area contributed by atoms with Gasteiger partial charge in [0.1, 0.15) is 11.6 Å². The first-order valence-corrected chi connectivity index (χ1v) is 10.7. The van der Waals surface area contributed by atoms with Gasteiger partial charge in [-0.2, -0.15) is 5.10 Å². The van der Waals surface area contributed by atoms with Gasteiger partial charge in [0.15, 0.2) is 0 Å². The number of piperidine rings is 1. The third kappa shape index (κ3) is 5.29. The summed E-state index contributed by atoms with van der Waals surface area (Å²) in [6.07, 6.45) is 1.74. The number of rotatable bonds is 5. The highest BCUT2D eigenvalue weighted by Gasteiger charge is 2.30. The lowest BCUT2D eigenvalue weighted by molar-refractivity contribution is -0.141. The SMILES string of the molecule is Cc1cc(NC(=O)CN2CCCC(C(=O)N3CCOCC3)C2)n(-c2ccc(F)cc2)n1. The van der Waals surface area contributed by atoms with Crippen LogP contribution in [0.25, 0.3) is 5.69 Å². The summed E-state index contributed by atoms with van der Waals surface area (Å²) >= 11 is 0. The number of nitrogens with one attached hydrogen (secondary N) is 1. The Hall–Kier alpha value is -2.78. The van der Waals surface area contributed by atoms with E-state index in [1.54, 1.807) is 22.9 Å². The second-order valence-electron chi connectivity index (χ2n) is 8.12. The van der Waals surface area contributed by atoms with Crippen molar-refractivity contribution in [3.8, 4) is 5.69 Å². The number of aryl methyl sites for hydroxylation is 1. The van der Waals surface area contributed by atoms with Gasteiger partial charge in [0.2, 0.25) is 11.8 Å². The van der Waals surface area contributed by atoms with Crippen LogP contribution in [0.3, 0.4) is 0 Å². The van der Waals surface area contributed by atoms with Crippen molar-refractivity contribution in [1.29, 1.82) is 0 Å². The van der Waals surface area contributed by atoms with Crippen molar-refractivity contribution >= 4 is 17.6 Å². The molecule has 2 amide bonds. The summed E-state index contributed by atoms with van der Waals surface area (Å²) in [7, 11) is 0. The number of hydrogen-bond acceptors (Lipinski definition) is 5. The Morgan fingerprint density at radius 3 is 2.68 bits per heavy atom. The molecule has 1 unspecified atom stereocenters. The van der Waals surface area contributed by atoms with E-state index < -0.39 is 0 Å². The molecule has 166 valence electrons. The maximum absolute atomic E-state index is 13.2. The molecular formula is C22H28FN5O3. The molecule has 4 rings (SSSR count). The smallest absolute Gasteiger partial charge is 0.239 e. The lowest BCUT2D eigenvalue weighted by Gasteiger charge is -2.35. The van der Waals surface area contributed by atoms with Gasteiger partial charge in [0.05, 0.1) is 37.1 Å². The van der Waals surface area contributed by atoms with Crippen LogP contribution in [0.5, 0.6) is 0 Å². The Balaban J connectivity index is 1.36. The van der Waals surface area contributed by atoms with Crippen molar-refractivity contribution in [2.75, 3.05) is 51.3 Å². The molecule has 2 aliphatic rings. The standard InChI is InChI=1S/C22H28FN5O3/c1-16-13-20(28(25-16)19-6-4-18(23)5-7-19)24-21(29)15-26-8-2-3-17(14-26)22(30)27-9-11-31-12-10-27/h4-7,13,17H,2-3,8-12,14-15H2,1H3,(H,24,29). The first-order valence-electron chi connectivity index (χ1n) is 10.7. The van der Waals surface area contributed by atoms with Crippen LogP contribution in [0, 0.1) is 18.7 Å². The number of carbonyl (C=O) groups is 2. The summed E-state index contributed by atoms with van der Waals surface area (Å²) in [4.78, 5) is 29.5. The number of hydrogen-bond donors (Lipinski definition) is 1. The lowest BCUT2D eigenvalue weighted by Crippen LogP contribution is -2.49. The zero-order chi connectivity index (χ0) is 21.8. The van der Waals surface area contributed by atoms with Gasteiger partial charge in [-0.05, 0) is 50.6 Å². The fraction of sp³-hybridized carbons (Fsp3) is 0.500. The molecule has 31 heavy (non-hydrogen) atoms. The summed E-state index contributed by atoms with van der Waals surface area (Å²) in [5.74, 6) is 0.129. The molecule has 8 nitrogen and oxygen atoms in total. The molecular weight excluding hydrogens is 401 g/mol. The van der Waals surface area contributed by atoms with E-state index in [0.29, 0.717) is 44.4 Å². The average molecular weight is 429 g/mol. The van der Waals surface area contributed by atoms with Gasteiger partial charge in [-0.1, -0.05) is 0 Å². The highest BCUT2D eigenvalue weighted by atomic mass is 19.1. The van der Waals surface area contributed by atoms with E-state index in [1.165, 1.54) is 12.1 Å². The Bertz CT molecular complexity index is 924. The highest BCUT2D eigenvalue weighted by molar-refractivity contribution is 5.92. The van der Waals surface area contributed by atoms with Gasteiger partial charge in [-0.25, -0.2) is 9.07 Å². The van der Waals surface area contributed by atoms with Crippen LogP contribution in [0.1, 0.15) is 18.5 Å². The quantitative estimate of drug-likeness (QED) is 0.785. The second-order valence-corrected chi connectivity index (χ2v) is 8.12. The number of ether oxygens (including phenoxy) is 1. The molecule has 1 N–H and O–H groups in total. The number of morpholine rings is 1. The molecule has 0 saturated carbocycles. The Morgan fingerprint density at radius 2 is 1.94 bits per heavy atom. The minimum Gasteiger partial charge on any atom is -0.378 e. The van der Waals surface area contributed by atoms with Crippen molar-refractivity contribution < 1.29 is 18.7 Å². The van der Waals surface area contributed by atoms with Crippen LogP contribution >= 0.6 is 0 Å². The summed E-state index contributed by atoms with van der Waals surface area (Å²) in [5.41, 5.74) is 1.41. The van der Waals surface area contributed by atoms with Crippen molar-refractivity contribution in [2.45, 2.75) is 19.8 Å². The van der Waals surface area contributed by atoms with Crippen molar-refractivity contribution in [1.82, 2.24) is 19.6 Å². The van der Waals surface area contributed by atoms with E-state index in [0.717, 1.165) is 25.1 Å². The number of benzene rings is 1. The van der Waals surface area contributed by atoms with Gasteiger partial charge in [0, 0.05) is 25.7 Å². The molecule has 0 aliphatic carbocycles. The molecule has 1 aromatic heterocycles. The minimum atomic E-state index is -0.329. The van der Waals surface area contributed by atoms with E-state index >= 15 is 0 Å². The van der Waals surface area contributed by atoms with E-state index in [4.69, 9.17) is 4.74 Å². The summed E-state index contributed by atoms with van der Waals surface area (Å²) in [6, 6.07) is 7.73. The predicted molar refractivity (Wildman–Crippen MR) is 113 cm³/mol. The average Bonchev–Trinajstić information content (AvgIpc) is 3.14. The number of amides is 2. The van der Waals surface area contributed by atoms with Crippen LogP contribution < -0.4 is 5.32 Å². The minimum absolute atomic E-state index is 0.0772. The fourth-order valence-corrected chi connectivity index (χ4v) is 4.20. The van der Waals surface area contributed by atoms with E-state index in [-0.39, 0.29) is 30.1 Å². The highest BCUT2D eigenvalue weighted by Crippen LogP contribution is 2.21.